The fraction of sp³-hybridized carbons (Fsp3) is 0.308. The van der Waals surface area contributed by atoms with E-state index in [0.717, 1.165) is 5.69 Å². The molecule has 0 spiro atoms. The Hall–Kier alpha value is -2.42. The first-order chi connectivity index (χ1) is 10.5. The van der Waals surface area contributed by atoms with E-state index in [2.05, 4.69) is 19.6 Å². The quantitative estimate of drug-likeness (QED) is 0.741. The molecule has 0 aliphatic carbocycles. The molecule has 3 aromatic rings. The maximum Gasteiger partial charge on any atom is 0.471 e. The molecule has 22 heavy (non-hydrogen) atoms. The standard InChI is InChI=1S/C13H11F3N4O2/c1-2-21-7-9-6-20-5-8(3-4-10(20)17-9)11-18-12(22-19-11)13(14,15)16/h3-6H,2,7H2,1H3. The molecule has 0 radical (unpaired) electrons. The van der Waals surface area contributed by atoms with Crippen molar-refractivity contribution in [1.82, 2.24) is 19.5 Å². The number of nitrogens with zero attached hydrogens (tertiary/aromatic N) is 4. The van der Waals surface area contributed by atoms with Crippen molar-refractivity contribution in [3.05, 3.63) is 36.1 Å². The van der Waals surface area contributed by atoms with E-state index in [4.69, 9.17) is 4.74 Å². The van der Waals surface area contributed by atoms with Gasteiger partial charge in [-0.3, -0.25) is 0 Å². The largest absolute Gasteiger partial charge is 0.471 e. The number of imidazole rings is 1. The number of pyridine rings is 1. The lowest BCUT2D eigenvalue weighted by molar-refractivity contribution is -0.159. The van der Waals surface area contributed by atoms with Gasteiger partial charge in [0, 0.05) is 24.6 Å². The second kappa shape index (κ2) is 5.41. The first-order valence-electron chi connectivity index (χ1n) is 6.44. The van der Waals surface area contributed by atoms with Gasteiger partial charge in [-0.05, 0) is 19.1 Å². The number of hydrogen-bond acceptors (Lipinski definition) is 5. The number of halogens is 3. The predicted molar refractivity (Wildman–Crippen MR) is 68.8 cm³/mol. The van der Waals surface area contributed by atoms with E-state index in [-0.39, 0.29) is 5.82 Å². The van der Waals surface area contributed by atoms with Crippen molar-refractivity contribution in [2.45, 2.75) is 19.7 Å². The second-order valence-corrected chi connectivity index (χ2v) is 4.47. The van der Waals surface area contributed by atoms with Crippen molar-refractivity contribution in [2.75, 3.05) is 6.61 Å². The molecule has 0 aliphatic heterocycles. The molecule has 3 rings (SSSR count). The number of alkyl halides is 3. The highest BCUT2D eigenvalue weighted by Gasteiger charge is 2.38. The summed E-state index contributed by atoms with van der Waals surface area (Å²) < 4.78 is 48.6. The van der Waals surface area contributed by atoms with Crippen LogP contribution < -0.4 is 0 Å². The van der Waals surface area contributed by atoms with Crippen LogP contribution in [0.15, 0.2) is 29.0 Å². The molecule has 0 amide bonds. The summed E-state index contributed by atoms with van der Waals surface area (Å²) in [5, 5.41) is 3.35. The summed E-state index contributed by atoms with van der Waals surface area (Å²) in [6.45, 7) is 2.82. The summed E-state index contributed by atoms with van der Waals surface area (Å²) in [6, 6.07) is 3.24. The van der Waals surface area contributed by atoms with E-state index in [1.54, 1.807) is 28.9 Å². The number of rotatable bonds is 4. The number of aromatic nitrogens is 4. The van der Waals surface area contributed by atoms with E-state index >= 15 is 0 Å². The normalized spacial score (nSPS) is 12.2. The molecule has 0 unspecified atom stereocenters. The van der Waals surface area contributed by atoms with Crippen LogP contribution in [0.3, 0.4) is 0 Å². The Morgan fingerprint density at radius 1 is 1.23 bits per heavy atom. The van der Waals surface area contributed by atoms with E-state index in [1.165, 1.54) is 0 Å². The average Bonchev–Trinajstić information content (AvgIpc) is 3.10. The van der Waals surface area contributed by atoms with Gasteiger partial charge >= 0.3 is 12.1 Å². The summed E-state index contributed by atoms with van der Waals surface area (Å²) in [6.07, 6.45) is -1.34. The lowest BCUT2D eigenvalue weighted by atomic mass is 10.3. The molecule has 116 valence electrons. The van der Waals surface area contributed by atoms with Crippen LogP contribution in [0.5, 0.6) is 0 Å². The number of fused-ring (bicyclic) bond motifs is 1. The smallest absolute Gasteiger partial charge is 0.375 e. The molecule has 0 aromatic carbocycles. The molecule has 0 aliphatic rings. The molecule has 0 N–H and O–H groups in total. The molecular formula is C13H11F3N4O2. The number of ether oxygens (including phenoxy) is 1. The van der Waals surface area contributed by atoms with Crippen LogP contribution in [0.25, 0.3) is 17.0 Å². The first kappa shape index (κ1) is 14.5. The fourth-order valence-corrected chi connectivity index (χ4v) is 1.91. The third-order valence-electron chi connectivity index (χ3n) is 2.88. The highest BCUT2D eigenvalue weighted by molar-refractivity contribution is 5.57. The molecular weight excluding hydrogens is 301 g/mol. The van der Waals surface area contributed by atoms with Crippen molar-refractivity contribution < 1.29 is 22.4 Å². The molecule has 9 heteroatoms. The Morgan fingerprint density at radius 2 is 2.05 bits per heavy atom. The van der Waals surface area contributed by atoms with Gasteiger partial charge < -0.3 is 13.7 Å². The summed E-state index contributed by atoms with van der Waals surface area (Å²) in [7, 11) is 0. The van der Waals surface area contributed by atoms with Crippen LogP contribution in [0, 0.1) is 0 Å². The maximum absolute atomic E-state index is 12.5. The highest BCUT2D eigenvalue weighted by atomic mass is 19.4. The van der Waals surface area contributed by atoms with Crippen LogP contribution in [-0.4, -0.2) is 26.1 Å². The van der Waals surface area contributed by atoms with Crippen molar-refractivity contribution in [2.24, 2.45) is 0 Å². The molecule has 0 saturated heterocycles. The van der Waals surface area contributed by atoms with Crippen LogP contribution in [0.2, 0.25) is 0 Å². The predicted octanol–water partition coefficient (Wildman–Crippen LogP) is 2.94. The van der Waals surface area contributed by atoms with Gasteiger partial charge in [-0.25, -0.2) is 4.98 Å². The zero-order valence-corrected chi connectivity index (χ0v) is 11.5. The zero-order valence-electron chi connectivity index (χ0n) is 11.5. The Morgan fingerprint density at radius 3 is 2.73 bits per heavy atom. The minimum absolute atomic E-state index is 0.130. The van der Waals surface area contributed by atoms with Crippen molar-refractivity contribution in [3.8, 4) is 11.4 Å². The second-order valence-electron chi connectivity index (χ2n) is 4.47. The van der Waals surface area contributed by atoms with Crippen LogP contribution >= 0.6 is 0 Å². The highest BCUT2D eigenvalue weighted by Crippen LogP contribution is 2.29. The Kier molecular flexibility index (Phi) is 3.57. The van der Waals surface area contributed by atoms with Gasteiger partial charge in [0.1, 0.15) is 5.65 Å². The molecule has 0 atom stereocenters. The minimum atomic E-state index is -4.66. The fourth-order valence-electron chi connectivity index (χ4n) is 1.91. The average molecular weight is 312 g/mol. The molecule has 0 fully saturated rings. The number of hydrogen-bond donors (Lipinski definition) is 0. The van der Waals surface area contributed by atoms with Crippen LogP contribution in [-0.2, 0) is 17.5 Å². The van der Waals surface area contributed by atoms with Crippen molar-refractivity contribution in [3.63, 3.8) is 0 Å². The molecule has 0 saturated carbocycles. The lowest BCUT2D eigenvalue weighted by Crippen LogP contribution is -2.04. The first-order valence-corrected chi connectivity index (χ1v) is 6.44. The SMILES string of the molecule is CCOCc1cn2cc(-c3noc(C(F)(F)F)n3)ccc2n1. The Balaban J connectivity index is 1.92. The maximum atomic E-state index is 12.5. The third kappa shape index (κ3) is 2.80. The van der Waals surface area contributed by atoms with Gasteiger partial charge in [-0.15, -0.1) is 0 Å². The van der Waals surface area contributed by atoms with E-state index in [9.17, 15) is 13.2 Å². The molecule has 6 nitrogen and oxygen atoms in total. The summed E-state index contributed by atoms with van der Waals surface area (Å²) >= 11 is 0. The van der Waals surface area contributed by atoms with E-state index in [1.807, 2.05) is 6.92 Å². The molecule has 0 bridgehead atoms. The van der Waals surface area contributed by atoms with Gasteiger partial charge in [-0.2, -0.15) is 18.2 Å². The molecule has 3 heterocycles. The Labute approximate surface area is 122 Å². The van der Waals surface area contributed by atoms with Crippen LogP contribution in [0.4, 0.5) is 13.2 Å². The van der Waals surface area contributed by atoms with Gasteiger partial charge in [0.15, 0.2) is 0 Å². The molecule has 3 aromatic heterocycles. The van der Waals surface area contributed by atoms with Gasteiger partial charge in [0.05, 0.1) is 12.3 Å². The topological polar surface area (TPSA) is 65.5 Å². The van der Waals surface area contributed by atoms with Gasteiger partial charge in [0.25, 0.3) is 0 Å². The van der Waals surface area contributed by atoms with Gasteiger partial charge in [-0.1, -0.05) is 5.16 Å². The zero-order chi connectivity index (χ0) is 15.7. The van der Waals surface area contributed by atoms with Crippen molar-refractivity contribution >= 4 is 5.65 Å². The van der Waals surface area contributed by atoms with E-state index < -0.39 is 12.1 Å². The monoisotopic (exact) mass is 312 g/mol. The minimum Gasteiger partial charge on any atom is -0.375 e. The van der Waals surface area contributed by atoms with Gasteiger partial charge in [0.2, 0.25) is 5.82 Å². The lowest BCUT2D eigenvalue weighted by Gasteiger charge is -1.97. The Bertz CT molecular complexity index is 794. The third-order valence-corrected chi connectivity index (χ3v) is 2.88. The van der Waals surface area contributed by atoms with Crippen molar-refractivity contribution in [1.29, 1.82) is 0 Å². The summed E-state index contributed by atoms with van der Waals surface area (Å²) in [5.41, 5.74) is 1.77. The summed E-state index contributed by atoms with van der Waals surface area (Å²) in [5.74, 6) is -1.50. The van der Waals surface area contributed by atoms with E-state index in [0.29, 0.717) is 24.4 Å². The van der Waals surface area contributed by atoms with Crippen LogP contribution in [0.1, 0.15) is 18.5 Å². The summed E-state index contributed by atoms with van der Waals surface area (Å²) in [4.78, 5) is 7.68.